The fourth-order valence-electron chi connectivity index (χ4n) is 3.03. The van der Waals surface area contributed by atoms with Crippen LogP contribution in [0.4, 0.5) is 0 Å². The lowest BCUT2D eigenvalue weighted by Gasteiger charge is -2.39. The molecular weight excluding hydrogens is 242 g/mol. The Balaban J connectivity index is 2.07. The van der Waals surface area contributed by atoms with Gasteiger partial charge in [0.15, 0.2) is 5.96 Å². The maximum Gasteiger partial charge on any atom is 0.192 e. The van der Waals surface area contributed by atoms with E-state index in [0.717, 1.165) is 17.7 Å². The van der Waals surface area contributed by atoms with Gasteiger partial charge in [-0.1, -0.05) is 6.92 Å². The topological polar surface area (TPSA) is 71.1 Å². The summed E-state index contributed by atoms with van der Waals surface area (Å²) < 4.78 is 5.76. The monoisotopic (exact) mass is 261 g/mol. The van der Waals surface area contributed by atoms with Crippen LogP contribution in [0.2, 0.25) is 0 Å². The summed E-state index contributed by atoms with van der Waals surface area (Å²) in [5.74, 6) is 1.54. The predicted molar refractivity (Wildman–Crippen MR) is 73.4 cm³/mol. The lowest BCUT2D eigenvalue weighted by Crippen LogP contribution is -2.54. The molecule has 2 heterocycles. The number of nitrogens with two attached hydrogens (primary N) is 1. The van der Waals surface area contributed by atoms with Crippen LogP contribution in [-0.2, 0) is 5.54 Å². The van der Waals surface area contributed by atoms with Crippen molar-refractivity contribution in [1.82, 2.24) is 4.90 Å². The number of phenolic OH excluding ortho intramolecular Hbond substituents is 1. The summed E-state index contributed by atoms with van der Waals surface area (Å²) >= 11 is 0. The standard InChI is InChI=1S/C14H19N3O2/c1-3-9(2)17-13(15)16-7-14(17)8-19-12-6-10(18)4-5-11(12)14/h4-6,9,18H,3,7-8H2,1-2H3,(H2,15,16). The molecule has 0 aromatic heterocycles. The van der Waals surface area contributed by atoms with E-state index in [4.69, 9.17) is 10.5 Å². The van der Waals surface area contributed by atoms with Gasteiger partial charge in [0.25, 0.3) is 0 Å². The quantitative estimate of drug-likeness (QED) is 0.844. The van der Waals surface area contributed by atoms with Crippen molar-refractivity contribution in [2.75, 3.05) is 13.2 Å². The molecule has 0 bridgehead atoms. The Morgan fingerprint density at radius 1 is 1.58 bits per heavy atom. The molecule has 0 fully saturated rings. The molecule has 5 nitrogen and oxygen atoms in total. The van der Waals surface area contributed by atoms with Gasteiger partial charge in [-0.2, -0.15) is 0 Å². The Bertz CT molecular complexity index is 543. The van der Waals surface area contributed by atoms with Gasteiger partial charge >= 0.3 is 0 Å². The van der Waals surface area contributed by atoms with Crippen molar-refractivity contribution in [2.24, 2.45) is 10.7 Å². The summed E-state index contributed by atoms with van der Waals surface area (Å²) in [5.41, 5.74) is 6.83. The maximum atomic E-state index is 9.55. The Morgan fingerprint density at radius 2 is 2.37 bits per heavy atom. The summed E-state index contributed by atoms with van der Waals surface area (Å²) in [5, 5.41) is 9.55. The van der Waals surface area contributed by atoms with Crippen LogP contribution in [0.25, 0.3) is 0 Å². The first-order valence-electron chi connectivity index (χ1n) is 6.64. The van der Waals surface area contributed by atoms with Crippen molar-refractivity contribution < 1.29 is 9.84 Å². The number of phenols is 1. The average Bonchev–Trinajstić information content (AvgIpc) is 2.92. The third-order valence-electron chi connectivity index (χ3n) is 4.18. The Labute approximate surface area is 112 Å². The van der Waals surface area contributed by atoms with Crippen LogP contribution in [0.5, 0.6) is 11.5 Å². The first-order chi connectivity index (χ1) is 9.08. The SMILES string of the molecule is CCC(C)N1C(N)=NCC12COc1cc(O)ccc12. The van der Waals surface area contributed by atoms with Crippen molar-refractivity contribution in [3.63, 3.8) is 0 Å². The molecule has 0 radical (unpaired) electrons. The molecule has 0 aliphatic carbocycles. The molecular formula is C14H19N3O2. The van der Waals surface area contributed by atoms with Crippen LogP contribution in [0.3, 0.4) is 0 Å². The van der Waals surface area contributed by atoms with Crippen molar-refractivity contribution in [2.45, 2.75) is 31.8 Å². The molecule has 0 amide bonds. The van der Waals surface area contributed by atoms with E-state index < -0.39 is 0 Å². The number of benzene rings is 1. The van der Waals surface area contributed by atoms with Crippen LogP contribution in [0.1, 0.15) is 25.8 Å². The second kappa shape index (κ2) is 4.05. The normalized spacial score (nSPS) is 26.2. The zero-order valence-electron chi connectivity index (χ0n) is 11.3. The predicted octanol–water partition coefficient (Wildman–Crippen LogP) is 1.41. The second-order valence-electron chi connectivity index (χ2n) is 5.30. The largest absolute Gasteiger partial charge is 0.508 e. The minimum Gasteiger partial charge on any atom is -0.508 e. The summed E-state index contributed by atoms with van der Waals surface area (Å²) in [7, 11) is 0. The number of aliphatic imine (C=N–C) groups is 1. The van der Waals surface area contributed by atoms with Crippen LogP contribution in [-0.4, -0.2) is 35.2 Å². The number of fused-ring (bicyclic) bond motifs is 2. The Morgan fingerprint density at radius 3 is 3.11 bits per heavy atom. The number of hydrogen-bond donors (Lipinski definition) is 2. The van der Waals surface area contributed by atoms with Gasteiger partial charge in [-0.05, 0) is 25.5 Å². The molecule has 3 N–H and O–H groups in total. The molecule has 102 valence electrons. The summed E-state index contributed by atoms with van der Waals surface area (Å²) in [4.78, 5) is 6.58. The third kappa shape index (κ3) is 1.57. The van der Waals surface area contributed by atoms with Gasteiger partial charge in [0.1, 0.15) is 23.6 Å². The van der Waals surface area contributed by atoms with E-state index in [0.29, 0.717) is 25.2 Å². The lowest BCUT2D eigenvalue weighted by atomic mass is 9.89. The zero-order chi connectivity index (χ0) is 13.6. The van der Waals surface area contributed by atoms with Crippen molar-refractivity contribution in [1.29, 1.82) is 0 Å². The highest BCUT2D eigenvalue weighted by atomic mass is 16.5. The van der Waals surface area contributed by atoms with Crippen LogP contribution < -0.4 is 10.5 Å². The van der Waals surface area contributed by atoms with Crippen LogP contribution in [0, 0.1) is 0 Å². The number of hydrogen-bond acceptors (Lipinski definition) is 5. The van der Waals surface area contributed by atoms with E-state index in [1.54, 1.807) is 12.1 Å². The highest BCUT2D eigenvalue weighted by Crippen LogP contribution is 2.45. The van der Waals surface area contributed by atoms with Gasteiger partial charge in [0.2, 0.25) is 0 Å². The molecule has 0 saturated carbocycles. The van der Waals surface area contributed by atoms with E-state index >= 15 is 0 Å². The number of aromatic hydroxyl groups is 1. The van der Waals surface area contributed by atoms with Crippen LogP contribution in [0.15, 0.2) is 23.2 Å². The van der Waals surface area contributed by atoms with Gasteiger partial charge in [-0.25, -0.2) is 0 Å². The molecule has 19 heavy (non-hydrogen) atoms. The maximum absolute atomic E-state index is 9.55. The molecule has 1 aromatic carbocycles. The Hall–Kier alpha value is -1.91. The second-order valence-corrected chi connectivity index (χ2v) is 5.30. The average molecular weight is 261 g/mol. The first kappa shape index (κ1) is 12.1. The van der Waals surface area contributed by atoms with E-state index in [1.165, 1.54) is 0 Å². The summed E-state index contributed by atoms with van der Waals surface area (Å²) in [6.45, 7) is 5.42. The molecule has 3 rings (SSSR count). The van der Waals surface area contributed by atoms with Crippen molar-refractivity contribution in [3.8, 4) is 11.5 Å². The number of guanidine groups is 1. The molecule has 1 aromatic rings. The Kier molecular flexibility index (Phi) is 2.59. The molecule has 0 saturated heterocycles. The highest BCUT2D eigenvalue weighted by molar-refractivity contribution is 5.82. The van der Waals surface area contributed by atoms with E-state index in [-0.39, 0.29) is 11.3 Å². The summed E-state index contributed by atoms with van der Waals surface area (Å²) in [6, 6.07) is 5.57. The fraction of sp³-hybridized carbons (Fsp3) is 0.500. The first-order valence-corrected chi connectivity index (χ1v) is 6.64. The molecule has 2 aliphatic heterocycles. The van der Waals surface area contributed by atoms with E-state index in [2.05, 4.69) is 23.7 Å². The highest BCUT2D eigenvalue weighted by Gasteiger charge is 2.51. The lowest BCUT2D eigenvalue weighted by molar-refractivity contribution is 0.118. The zero-order valence-corrected chi connectivity index (χ0v) is 11.3. The smallest absolute Gasteiger partial charge is 0.192 e. The summed E-state index contributed by atoms with van der Waals surface area (Å²) in [6.07, 6.45) is 0.991. The minimum atomic E-state index is -0.303. The van der Waals surface area contributed by atoms with Crippen molar-refractivity contribution >= 4 is 5.96 Å². The number of ether oxygens (including phenoxy) is 1. The van der Waals surface area contributed by atoms with Gasteiger partial charge in [0.05, 0.1) is 6.54 Å². The molecule has 5 heteroatoms. The minimum absolute atomic E-state index is 0.220. The fourth-order valence-corrected chi connectivity index (χ4v) is 3.03. The molecule has 2 atom stereocenters. The molecule has 1 spiro atoms. The van der Waals surface area contributed by atoms with Gasteiger partial charge in [-0.3, -0.25) is 4.99 Å². The van der Waals surface area contributed by atoms with E-state index in [9.17, 15) is 5.11 Å². The van der Waals surface area contributed by atoms with E-state index in [1.807, 2.05) is 6.07 Å². The molecule has 2 unspecified atom stereocenters. The van der Waals surface area contributed by atoms with Gasteiger partial charge in [0, 0.05) is 17.7 Å². The van der Waals surface area contributed by atoms with Gasteiger partial charge < -0.3 is 20.5 Å². The number of rotatable bonds is 2. The van der Waals surface area contributed by atoms with Gasteiger partial charge in [-0.15, -0.1) is 0 Å². The van der Waals surface area contributed by atoms with Crippen molar-refractivity contribution in [3.05, 3.63) is 23.8 Å². The molecule has 2 aliphatic rings. The third-order valence-corrected chi connectivity index (χ3v) is 4.18. The number of nitrogens with zero attached hydrogens (tertiary/aromatic N) is 2. The van der Waals surface area contributed by atoms with Crippen LogP contribution >= 0.6 is 0 Å².